The molecule has 1 aliphatic rings. The third-order valence-electron chi connectivity index (χ3n) is 4.94. The summed E-state index contributed by atoms with van der Waals surface area (Å²) in [7, 11) is -2.91. The summed E-state index contributed by atoms with van der Waals surface area (Å²) in [4.78, 5) is 33.8. The molecule has 0 bridgehead atoms. The Balaban J connectivity index is 1.86. The van der Waals surface area contributed by atoms with E-state index in [1.165, 1.54) is 6.33 Å². The Kier molecular flexibility index (Phi) is 6.28. The number of hydrogen-bond acceptors (Lipinski definition) is 9. The zero-order valence-corrected chi connectivity index (χ0v) is 18.2. The minimum absolute atomic E-state index is 0.0212. The number of aliphatic hydroxyl groups is 1. The molecule has 3 heterocycles. The molecular formula is C17H30N6O5P+. The second kappa shape index (κ2) is 8.25. The first-order valence-electron chi connectivity index (χ1n) is 9.60. The maximum atomic E-state index is 12.0. The fourth-order valence-corrected chi connectivity index (χ4v) is 6.62. The van der Waals surface area contributed by atoms with Crippen molar-refractivity contribution in [3.63, 3.8) is 0 Å². The van der Waals surface area contributed by atoms with Gasteiger partial charge in [-0.3, -0.25) is 14.3 Å². The number of fused-ring (bicyclic) bond motifs is 1. The second-order valence-electron chi connectivity index (χ2n) is 7.87. The Bertz CT molecular complexity index is 905. The Morgan fingerprint density at radius 2 is 2.10 bits per heavy atom. The van der Waals surface area contributed by atoms with E-state index < -0.39 is 31.9 Å². The molecule has 1 aliphatic heterocycles. The van der Waals surface area contributed by atoms with Crippen molar-refractivity contribution >= 4 is 25.0 Å². The van der Waals surface area contributed by atoms with Crippen molar-refractivity contribution in [2.24, 2.45) is 0 Å². The highest BCUT2D eigenvalue weighted by atomic mass is 31.2. The number of aromatic amines is 1. The Morgan fingerprint density at radius 1 is 1.45 bits per heavy atom. The molecule has 12 heteroatoms. The zero-order valence-electron chi connectivity index (χ0n) is 17.3. The average molecular weight is 429 g/mol. The lowest BCUT2D eigenvalue weighted by atomic mass is 10.2. The Morgan fingerprint density at radius 3 is 2.69 bits per heavy atom. The molecule has 11 nitrogen and oxygen atoms in total. The predicted molar refractivity (Wildman–Crippen MR) is 110 cm³/mol. The van der Waals surface area contributed by atoms with Gasteiger partial charge < -0.3 is 15.6 Å². The van der Waals surface area contributed by atoms with Gasteiger partial charge in [0.05, 0.1) is 12.9 Å². The topological polar surface area (TPSA) is 152 Å². The predicted octanol–water partition coefficient (Wildman–Crippen LogP) is 0.870. The molecule has 1 unspecified atom stereocenters. The SMILES string of the molecule is CC(C)N(C(C)C)[P+](C)(O)O[C@H]1C[C@H](n2cnc3c(=O)[nH]c(N)nc32)O[C@@H]1CO. The number of nitrogens with zero attached hydrogens (tertiary/aromatic N) is 4. The third-order valence-corrected chi connectivity index (χ3v) is 7.39. The van der Waals surface area contributed by atoms with Gasteiger partial charge in [0.2, 0.25) is 5.95 Å². The van der Waals surface area contributed by atoms with Crippen LogP contribution in [-0.2, 0) is 9.26 Å². The number of rotatable bonds is 7. The molecule has 5 N–H and O–H groups in total. The molecule has 1 fully saturated rings. The number of aromatic nitrogens is 4. The van der Waals surface area contributed by atoms with Crippen LogP contribution in [0.3, 0.4) is 0 Å². The number of nitrogens with two attached hydrogens (primary N) is 1. The van der Waals surface area contributed by atoms with Gasteiger partial charge in [0, 0.05) is 18.5 Å². The van der Waals surface area contributed by atoms with Crippen LogP contribution in [-0.4, -0.2) is 71.8 Å². The molecule has 0 aromatic carbocycles. The Labute approximate surface area is 169 Å². The summed E-state index contributed by atoms with van der Waals surface area (Å²) in [6.45, 7) is 9.43. The van der Waals surface area contributed by atoms with Crippen LogP contribution < -0.4 is 11.3 Å². The second-order valence-corrected chi connectivity index (χ2v) is 10.2. The number of imidazole rings is 1. The number of anilines is 1. The van der Waals surface area contributed by atoms with Crippen molar-refractivity contribution in [2.45, 2.75) is 64.6 Å². The van der Waals surface area contributed by atoms with Crippen molar-refractivity contribution in [2.75, 3.05) is 19.0 Å². The summed E-state index contributed by atoms with van der Waals surface area (Å²) in [5.74, 6) is -0.0212. The Hall–Kier alpha value is -1.62. The first kappa shape index (κ1) is 22.1. The third kappa shape index (κ3) is 4.30. The minimum atomic E-state index is -2.91. The monoisotopic (exact) mass is 429 g/mol. The number of aliphatic hydroxyl groups excluding tert-OH is 1. The summed E-state index contributed by atoms with van der Waals surface area (Å²) in [6.07, 6.45) is 0.0675. The van der Waals surface area contributed by atoms with E-state index in [9.17, 15) is 14.8 Å². The van der Waals surface area contributed by atoms with Gasteiger partial charge in [-0.1, -0.05) is 0 Å². The van der Waals surface area contributed by atoms with E-state index in [4.69, 9.17) is 15.0 Å². The fraction of sp³-hybridized carbons (Fsp3) is 0.706. The average Bonchev–Trinajstić information content (AvgIpc) is 3.16. The normalized spacial score (nSPS) is 24.8. The van der Waals surface area contributed by atoms with E-state index in [1.807, 2.05) is 32.4 Å². The smallest absolute Gasteiger partial charge is 0.343 e. The van der Waals surface area contributed by atoms with Gasteiger partial charge in [-0.25, -0.2) is 9.88 Å². The highest BCUT2D eigenvalue weighted by Gasteiger charge is 2.50. The highest BCUT2D eigenvalue weighted by Crippen LogP contribution is 2.60. The van der Waals surface area contributed by atoms with Crippen LogP contribution in [0.1, 0.15) is 40.3 Å². The molecule has 2 aromatic heterocycles. The van der Waals surface area contributed by atoms with E-state index in [2.05, 4.69) is 15.0 Å². The molecule has 2 aromatic rings. The van der Waals surface area contributed by atoms with Crippen LogP contribution >= 0.6 is 7.87 Å². The number of hydrogen-bond donors (Lipinski definition) is 4. The summed E-state index contributed by atoms with van der Waals surface area (Å²) in [6, 6.07) is 0.168. The molecule has 3 rings (SSSR count). The first-order chi connectivity index (χ1) is 13.5. The van der Waals surface area contributed by atoms with Gasteiger partial charge in [-0.15, -0.1) is 4.67 Å². The van der Waals surface area contributed by atoms with E-state index in [0.29, 0.717) is 12.1 Å². The molecule has 0 radical (unpaired) electrons. The minimum Gasteiger partial charge on any atom is -0.394 e. The highest BCUT2D eigenvalue weighted by molar-refractivity contribution is 7.62. The standard InChI is InChI=1S/C17H29N6O5P/c1-9(2)23(10(3)4)29(5,26)28-11-6-13(27-12(11)7-24)22-8-19-14-15(22)20-17(18)21-16(14)25/h8-13,24,26H,6-7H2,1-5H3,(H2-,18,20,21,25)/p+1/t11-,12+,13+,29?/m0/s1. The molecule has 0 amide bonds. The summed E-state index contributed by atoms with van der Waals surface area (Å²) >= 11 is 0. The lowest BCUT2D eigenvalue weighted by Gasteiger charge is -2.34. The fourth-order valence-electron chi connectivity index (χ4n) is 4.06. The van der Waals surface area contributed by atoms with E-state index >= 15 is 0 Å². The van der Waals surface area contributed by atoms with Crippen molar-refractivity contribution in [3.8, 4) is 0 Å². The van der Waals surface area contributed by atoms with Gasteiger partial charge in [0.1, 0.15) is 25.1 Å². The van der Waals surface area contributed by atoms with Crippen LogP contribution in [0.25, 0.3) is 11.2 Å². The van der Waals surface area contributed by atoms with Crippen molar-refractivity contribution in [1.82, 2.24) is 24.2 Å². The number of nitrogens with one attached hydrogen (secondary N) is 1. The van der Waals surface area contributed by atoms with Crippen LogP contribution in [0, 0.1) is 0 Å². The van der Waals surface area contributed by atoms with Gasteiger partial charge in [-0.05, 0) is 27.7 Å². The van der Waals surface area contributed by atoms with Crippen molar-refractivity contribution in [1.29, 1.82) is 0 Å². The maximum absolute atomic E-state index is 12.0. The van der Waals surface area contributed by atoms with Gasteiger partial charge >= 0.3 is 7.87 Å². The van der Waals surface area contributed by atoms with Crippen LogP contribution in [0.15, 0.2) is 11.1 Å². The summed E-state index contributed by atoms with van der Waals surface area (Å²) < 4.78 is 15.6. The molecule has 1 saturated heterocycles. The van der Waals surface area contributed by atoms with E-state index in [-0.39, 0.29) is 30.2 Å². The molecule has 4 atom stereocenters. The lowest BCUT2D eigenvalue weighted by Crippen LogP contribution is -2.39. The molecule has 162 valence electrons. The molecule has 0 spiro atoms. The van der Waals surface area contributed by atoms with Crippen LogP contribution in [0.5, 0.6) is 0 Å². The zero-order chi connectivity index (χ0) is 21.5. The molecule has 29 heavy (non-hydrogen) atoms. The van der Waals surface area contributed by atoms with Crippen LogP contribution in [0.2, 0.25) is 0 Å². The van der Waals surface area contributed by atoms with Crippen LogP contribution in [0.4, 0.5) is 5.95 Å². The van der Waals surface area contributed by atoms with Crippen molar-refractivity contribution < 1.29 is 19.3 Å². The maximum Gasteiger partial charge on any atom is 0.343 e. The van der Waals surface area contributed by atoms with E-state index in [0.717, 1.165) is 0 Å². The largest absolute Gasteiger partial charge is 0.394 e. The summed E-state index contributed by atoms with van der Waals surface area (Å²) in [5.41, 5.74) is 5.67. The first-order valence-corrected chi connectivity index (χ1v) is 11.7. The molecular weight excluding hydrogens is 399 g/mol. The lowest BCUT2D eigenvalue weighted by molar-refractivity contribution is -0.0414. The van der Waals surface area contributed by atoms with E-state index in [1.54, 1.807) is 11.2 Å². The van der Waals surface area contributed by atoms with Gasteiger partial charge in [-0.2, -0.15) is 9.51 Å². The number of nitrogen functional groups attached to an aromatic ring is 1. The van der Waals surface area contributed by atoms with Gasteiger partial charge in [0.15, 0.2) is 11.2 Å². The van der Waals surface area contributed by atoms with Crippen molar-refractivity contribution in [3.05, 3.63) is 16.7 Å². The quantitative estimate of drug-likeness (QED) is 0.470. The van der Waals surface area contributed by atoms with Gasteiger partial charge in [0.25, 0.3) is 5.56 Å². The number of H-pyrrole nitrogens is 1. The molecule has 0 saturated carbocycles. The number of ether oxygens (including phenoxy) is 1. The molecule has 0 aliphatic carbocycles. The summed E-state index contributed by atoms with van der Waals surface area (Å²) in [5, 5.41) is 9.80.